The maximum absolute atomic E-state index is 12.2. The van der Waals surface area contributed by atoms with Gasteiger partial charge in [-0.1, -0.05) is 43.0 Å². The van der Waals surface area contributed by atoms with Crippen LogP contribution in [0, 0.1) is 0 Å². The molecule has 0 bridgehead atoms. The van der Waals surface area contributed by atoms with Gasteiger partial charge in [0.15, 0.2) is 0 Å². The summed E-state index contributed by atoms with van der Waals surface area (Å²) >= 11 is 5.85. The summed E-state index contributed by atoms with van der Waals surface area (Å²) in [5.41, 5.74) is 0.987. The molecule has 1 aromatic carbocycles. The zero-order chi connectivity index (χ0) is 17.6. The molecule has 1 saturated carbocycles. The molecule has 2 rings (SSSR count). The van der Waals surface area contributed by atoms with E-state index in [1.807, 2.05) is 12.1 Å². The Morgan fingerprint density at radius 1 is 1.21 bits per heavy atom. The molecule has 0 aliphatic heterocycles. The SMILES string of the molecule is CS(=O)(=O)N(CCc1ccc(Cl)cc1)CC(=O)NC1CCCCC1. The van der Waals surface area contributed by atoms with E-state index in [9.17, 15) is 13.2 Å². The first kappa shape index (κ1) is 19.2. The smallest absolute Gasteiger partial charge is 0.235 e. The van der Waals surface area contributed by atoms with Crippen molar-refractivity contribution in [2.75, 3.05) is 19.3 Å². The van der Waals surface area contributed by atoms with Crippen LogP contribution in [-0.4, -0.2) is 44.0 Å². The van der Waals surface area contributed by atoms with Gasteiger partial charge in [0.05, 0.1) is 12.8 Å². The third kappa shape index (κ3) is 6.42. The highest BCUT2D eigenvalue weighted by atomic mass is 35.5. The minimum atomic E-state index is -3.43. The number of rotatable bonds is 7. The Labute approximate surface area is 149 Å². The summed E-state index contributed by atoms with van der Waals surface area (Å²) in [5.74, 6) is -0.219. The van der Waals surface area contributed by atoms with E-state index in [2.05, 4.69) is 5.32 Å². The number of carbonyl (C=O) groups excluding carboxylic acids is 1. The summed E-state index contributed by atoms with van der Waals surface area (Å²) in [5, 5.41) is 3.61. The van der Waals surface area contributed by atoms with Gasteiger partial charge in [0.1, 0.15) is 0 Å². The summed E-state index contributed by atoms with van der Waals surface area (Å²) in [6.45, 7) is 0.154. The Morgan fingerprint density at radius 3 is 2.42 bits per heavy atom. The molecule has 1 aromatic rings. The molecule has 0 aromatic heterocycles. The van der Waals surface area contributed by atoms with Gasteiger partial charge in [0, 0.05) is 17.6 Å². The van der Waals surface area contributed by atoms with Crippen molar-refractivity contribution in [2.24, 2.45) is 0 Å². The minimum Gasteiger partial charge on any atom is -0.352 e. The molecule has 0 radical (unpaired) electrons. The molecule has 1 aliphatic rings. The Balaban J connectivity index is 1.90. The third-order valence-electron chi connectivity index (χ3n) is 4.32. The number of sulfonamides is 1. The maximum Gasteiger partial charge on any atom is 0.235 e. The number of benzene rings is 1. The van der Waals surface area contributed by atoms with Crippen LogP contribution in [0.4, 0.5) is 0 Å². The van der Waals surface area contributed by atoms with Crippen molar-refractivity contribution in [1.29, 1.82) is 0 Å². The van der Waals surface area contributed by atoms with Crippen LogP contribution in [0.25, 0.3) is 0 Å². The number of carbonyl (C=O) groups is 1. The van der Waals surface area contributed by atoms with Gasteiger partial charge in [0.25, 0.3) is 0 Å². The standard InChI is InChI=1S/C17H25ClN2O3S/c1-24(22,23)20(12-11-14-7-9-15(18)10-8-14)13-17(21)19-16-5-3-2-4-6-16/h7-10,16H,2-6,11-13H2,1H3,(H,19,21). The summed E-state index contributed by atoms with van der Waals surface area (Å²) in [7, 11) is -3.43. The van der Waals surface area contributed by atoms with Crippen LogP contribution in [0.2, 0.25) is 5.02 Å². The normalized spacial score (nSPS) is 16.3. The number of hydrogen-bond acceptors (Lipinski definition) is 3. The lowest BCUT2D eigenvalue weighted by atomic mass is 9.95. The molecule has 5 nitrogen and oxygen atoms in total. The summed E-state index contributed by atoms with van der Waals surface area (Å²) in [4.78, 5) is 12.2. The Bertz CT molecular complexity index is 640. The fourth-order valence-electron chi connectivity index (χ4n) is 2.95. The molecule has 0 heterocycles. The molecular formula is C17H25ClN2O3S. The second kappa shape index (κ2) is 8.83. The number of amides is 1. The van der Waals surface area contributed by atoms with Crippen molar-refractivity contribution < 1.29 is 13.2 Å². The predicted octanol–water partition coefficient (Wildman–Crippen LogP) is 2.59. The van der Waals surface area contributed by atoms with Crippen LogP contribution in [0.5, 0.6) is 0 Å². The second-order valence-electron chi connectivity index (χ2n) is 6.38. The molecule has 0 spiro atoms. The van der Waals surface area contributed by atoms with E-state index in [1.54, 1.807) is 12.1 Å². The van der Waals surface area contributed by atoms with E-state index in [1.165, 1.54) is 10.7 Å². The van der Waals surface area contributed by atoms with Gasteiger partial charge in [-0.25, -0.2) is 8.42 Å². The highest BCUT2D eigenvalue weighted by molar-refractivity contribution is 7.88. The first-order chi connectivity index (χ1) is 11.3. The van der Waals surface area contributed by atoms with Crippen molar-refractivity contribution in [3.8, 4) is 0 Å². The molecule has 0 atom stereocenters. The first-order valence-corrected chi connectivity index (χ1v) is 10.6. The van der Waals surface area contributed by atoms with Crippen molar-refractivity contribution in [1.82, 2.24) is 9.62 Å². The highest BCUT2D eigenvalue weighted by Gasteiger charge is 2.22. The Morgan fingerprint density at radius 2 is 1.83 bits per heavy atom. The minimum absolute atomic E-state index is 0.122. The Kier molecular flexibility index (Phi) is 7.07. The fraction of sp³-hybridized carbons (Fsp3) is 0.588. The van der Waals surface area contributed by atoms with E-state index in [4.69, 9.17) is 11.6 Å². The number of nitrogens with one attached hydrogen (secondary N) is 1. The van der Waals surface area contributed by atoms with Gasteiger partial charge in [-0.15, -0.1) is 0 Å². The van der Waals surface area contributed by atoms with E-state index < -0.39 is 10.0 Å². The number of halogens is 1. The molecule has 1 aliphatic carbocycles. The molecule has 0 unspecified atom stereocenters. The van der Waals surface area contributed by atoms with Gasteiger partial charge in [-0.05, 0) is 37.0 Å². The van der Waals surface area contributed by atoms with Crippen LogP contribution >= 0.6 is 11.6 Å². The zero-order valence-electron chi connectivity index (χ0n) is 14.0. The van der Waals surface area contributed by atoms with Crippen LogP contribution in [0.15, 0.2) is 24.3 Å². The van der Waals surface area contributed by atoms with Gasteiger partial charge < -0.3 is 5.32 Å². The van der Waals surface area contributed by atoms with E-state index >= 15 is 0 Å². The van der Waals surface area contributed by atoms with Gasteiger partial charge in [-0.2, -0.15) is 4.31 Å². The van der Waals surface area contributed by atoms with Gasteiger partial charge in [0.2, 0.25) is 15.9 Å². The first-order valence-electron chi connectivity index (χ1n) is 8.33. The molecule has 0 saturated heterocycles. The zero-order valence-corrected chi connectivity index (χ0v) is 15.6. The lowest BCUT2D eigenvalue weighted by molar-refractivity contribution is -0.122. The van der Waals surface area contributed by atoms with Crippen LogP contribution < -0.4 is 5.32 Å². The van der Waals surface area contributed by atoms with Crippen LogP contribution in [-0.2, 0) is 21.2 Å². The molecule has 1 N–H and O–H groups in total. The van der Waals surface area contributed by atoms with Crippen molar-refractivity contribution >= 4 is 27.5 Å². The monoisotopic (exact) mass is 372 g/mol. The van der Waals surface area contributed by atoms with Gasteiger partial charge >= 0.3 is 0 Å². The van der Waals surface area contributed by atoms with Crippen molar-refractivity contribution in [3.05, 3.63) is 34.9 Å². The van der Waals surface area contributed by atoms with Crippen LogP contribution in [0.1, 0.15) is 37.7 Å². The number of nitrogens with zero attached hydrogens (tertiary/aromatic N) is 1. The summed E-state index contributed by atoms with van der Waals surface area (Å²) < 4.78 is 25.2. The average Bonchev–Trinajstić information content (AvgIpc) is 2.53. The van der Waals surface area contributed by atoms with Crippen molar-refractivity contribution in [3.63, 3.8) is 0 Å². The third-order valence-corrected chi connectivity index (χ3v) is 5.82. The van der Waals surface area contributed by atoms with E-state index in [0.29, 0.717) is 11.4 Å². The quantitative estimate of drug-likeness (QED) is 0.800. The van der Waals surface area contributed by atoms with E-state index in [0.717, 1.165) is 37.5 Å². The van der Waals surface area contributed by atoms with Gasteiger partial charge in [-0.3, -0.25) is 4.79 Å². The lowest BCUT2D eigenvalue weighted by Gasteiger charge is -2.25. The second-order valence-corrected chi connectivity index (χ2v) is 8.79. The van der Waals surface area contributed by atoms with Crippen LogP contribution in [0.3, 0.4) is 0 Å². The average molecular weight is 373 g/mol. The Hall–Kier alpha value is -1.11. The lowest BCUT2D eigenvalue weighted by Crippen LogP contribution is -2.45. The molecule has 24 heavy (non-hydrogen) atoms. The fourth-order valence-corrected chi connectivity index (χ4v) is 3.85. The molecule has 7 heteroatoms. The molecule has 1 fully saturated rings. The summed E-state index contributed by atoms with van der Waals surface area (Å²) in [6.07, 6.45) is 7.10. The topological polar surface area (TPSA) is 66.5 Å². The molecule has 134 valence electrons. The highest BCUT2D eigenvalue weighted by Crippen LogP contribution is 2.17. The largest absolute Gasteiger partial charge is 0.352 e. The van der Waals surface area contributed by atoms with E-state index in [-0.39, 0.29) is 25.0 Å². The van der Waals surface area contributed by atoms with Crippen molar-refractivity contribution in [2.45, 2.75) is 44.6 Å². The maximum atomic E-state index is 12.2. The molecule has 1 amide bonds. The number of hydrogen-bond donors (Lipinski definition) is 1. The summed E-state index contributed by atoms with van der Waals surface area (Å²) in [6, 6.07) is 7.47. The molecular weight excluding hydrogens is 348 g/mol. The predicted molar refractivity (Wildman–Crippen MR) is 96.6 cm³/mol.